The van der Waals surface area contributed by atoms with Gasteiger partial charge >= 0.3 is 5.97 Å². The van der Waals surface area contributed by atoms with Gasteiger partial charge in [-0.05, 0) is 53.6 Å². The van der Waals surface area contributed by atoms with Crippen LogP contribution in [0.1, 0.15) is 31.9 Å². The zero-order valence-corrected chi connectivity index (χ0v) is 16.6. The van der Waals surface area contributed by atoms with Crippen molar-refractivity contribution in [3.8, 4) is 0 Å². The number of hydrogen-bond acceptors (Lipinski definition) is 5. The van der Waals surface area contributed by atoms with Crippen LogP contribution in [0.25, 0.3) is 0 Å². The van der Waals surface area contributed by atoms with Crippen LogP contribution in [0.3, 0.4) is 0 Å². The molecule has 7 heteroatoms. The lowest BCUT2D eigenvalue weighted by Gasteiger charge is -2.32. The van der Waals surface area contributed by atoms with Gasteiger partial charge in [-0.25, -0.2) is 9.79 Å². The van der Waals surface area contributed by atoms with E-state index in [2.05, 4.69) is 27.6 Å². The van der Waals surface area contributed by atoms with E-state index in [0.29, 0.717) is 16.4 Å². The molecule has 0 aliphatic carbocycles. The number of ether oxygens (including phenoxy) is 1. The second kappa shape index (κ2) is 6.87. The number of allylic oxidation sites excluding steroid dienone is 1. The van der Waals surface area contributed by atoms with Crippen molar-refractivity contribution < 1.29 is 14.3 Å². The molecule has 0 bridgehead atoms. The number of methoxy groups -OCH3 is 1. The van der Waals surface area contributed by atoms with E-state index in [1.807, 2.05) is 31.2 Å². The Bertz CT molecular complexity index is 758. The number of fused-ring (bicyclic) bond motifs is 1. The summed E-state index contributed by atoms with van der Waals surface area (Å²) in [4.78, 5) is 31.4. The molecular formula is C17H17IN2O3S. The third-order valence-corrected chi connectivity index (χ3v) is 6.15. The fourth-order valence-electron chi connectivity index (χ4n) is 2.92. The van der Waals surface area contributed by atoms with Crippen LogP contribution in [-0.4, -0.2) is 34.3 Å². The molecule has 0 saturated carbocycles. The summed E-state index contributed by atoms with van der Waals surface area (Å²) in [6, 6.07) is 7.34. The second-order valence-corrected chi connectivity index (χ2v) is 7.98. The molecular weight excluding hydrogens is 439 g/mol. The van der Waals surface area contributed by atoms with Crippen molar-refractivity contribution in [2.75, 3.05) is 7.11 Å². The Kier molecular flexibility index (Phi) is 5.00. The Hall–Kier alpha value is -1.35. The Labute approximate surface area is 158 Å². The third kappa shape index (κ3) is 2.88. The largest absolute Gasteiger partial charge is 0.466 e. The summed E-state index contributed by atoms with van der Waals surface area (Å²) in [5.41, 5.74) is 1.91. The molecule has 2 atom stereocenters. The van der Waals surface area contributed by atoms with Crippen molar-refractivity contribution >= 4 is 51.4 Å². The van der Waals surface area contributed by atoms with E-state index in [-0.39, 0.29) is 11.2 Å². The first-order valence-corrected chi connectivity index (χ1v) is 9.56. The normalized spacial score (nSPS) is 23.2. The highest BCUT2D eigenvalue weighted by Gasteiger charge is 2.46. The first-order chi connectivity index (χ1) is 11.5. The Morgan fingerprint density at radius 2 is 2.04 bits per heavy atom. The number of amides is 1. The number of benzene rings is 1. The highest BCUT2D eigenvalue weighted by molar-refractivity contribution is 14.1. The minimum Gasteiger partial charge on any atom is -0.466 e. The number of rotatable bonds is 3. The smallest absolute Gasteiger partial charge is 0.338 e. The van der Waals surface area contributed by atoms with Gasteiger partial charge in [-0.15, -0.1) is 0 Å². The summed E-state index contributed by atoms with van der Waals surface area (Å²) >= 11 is 3.70. The lowest BCUT2D eigenvalue weighted by molar-refractivity contribution is -0.137. The molecule has 126 valence electrons. The van der Waals surface area contributed by atoms with Crippen LogP contribution in [0.15, 0.2) is 40.5 Å². The molecule has 0 spiro atoms. The number of esters is 1. The standard InChI is InChI=1S/C17H17IN2O3S/c1-4-12-15(21)20-14(10-5-7-11(18)8-6-10)13(16(22)23-3)9(2)19-17(20)24-12/h5-8,12,14H,4H2,1-3H3/t12-,14+/m1/s1. The van der Waals surface area contributed by atoms with Crippen molar-refractivity contribution in [1.82, 2.24) is 4.90 Å². The molecule has 2 aliphatic rings. The monoisotopic (exact) mass is 456 g/mol. The fourth-order valence-corrected chi connectivity index (χ4v) is 4.41. The molecule has 1 saturated heterocycles. The number of nitrogens with zero attached hydrogens (tertiary/aromatic N) is 2. The second-order valence-electron chi connectivity index (χ2n) is 5.56. The van der Waals surface area contributed by atoms with Gasteiger partial charge in [0.15, 0.2) is 5.17 Å². The maximum absolute atomic E-state index is 12.8. The van der Waals surface area contributed by atoms with E-state index in [1.54, 1.807) is 11.8 Å². The van der Waals surface area contributed by atoms with E-state index in [0.717, 1.165) is 15.6 Å². The molecule has 2 aliphatic heterocycles. The lowest BCUT2D eigenvalue weighted by Crippen LogP contribution is -2.40. The fraction of sp³-hybridized carbons (Fsp3) is 0.353. The van der Waals surface area contributed by atoms with E-state index < -0.39 is 12.0 Å². The number of thioether (sulfide) groups is 1. The molecule has 5 nitrogen and oxygen atoms in total. The molecule has 0 aromatic heterocycles. The summed E-state index contributed by atoms with van der Waals surface area (Å²) in [7, 11) is 1.35. The highest BCUT2D eigenvalue weighted by Crippen LogP contribution is 2.43. The molecule has 1 fully saturated rings. The number of hydrogen-bond donors (Lipinski definition) is 0. The maximum Gasteiger partial charge on any atom is 0.338 e. The van der Waals surface area contributed by atoms with Crippen molar-refractivity contribution in [1.29, 1.82) is 0 Å². The Morgan fingerprint density at radius 1 is 1.38 bits per heavy atom. The third-order valence-electron chi connectivity index (χ3n) is 4.11. The van der Waals surface area contributed by atoms with E-state index >= 15 is 0 Å². The molecule has 1 amide bonds. The summed E-state index contributed by atoms with van der Waals surface area (Å²) in [5.74, 6) is -0.449. The van der Waals surface area contributed by atoms with Crippen molar-refractivity contribution in [3.63, 3.8) is 0 Å². The highest BCUT2D eigenvalue weighted by atomic mass is 127. The summed E-state index contributed by atoms with van der Waals surface area (Å²) in [6.07, 6.45) is 0.727. The minimum absolute atomic E-state index is 0.00120. The van der Waals surface area contributed by atoms with Gasteiger partial charge < -0.3 is 4.74 Å². The first kappa shape index (κ1) is 17.5. The molecule has 3 rings (SSSR count). The number of carbonyl (C=O) groups excluding carboxylic acids is 2. The van der Waals surface area contributed by atoms with Gasteiger partial charge in [-0.3, -0.25) is 9.69 Å². The van der Waals surface area contributed by atoms with E-state index in [1.165, 1.54) is 18.9 Å². The van der Waals surface area contributed by atoms with Gasteiger partial charge in [0.05, 0.1) is 29.7 Å². The zero-order chi connectivity index (χ0) is 17.4. The predicted octanol–water partition coefficient (Wildman–Crippen LogP) is 3.50. The van der Waals surface area contributed by atoms with Gasteiger partial charge in [0.25, 0.3) is 0 Å². The number of aliphatic imine (C=N–C) groups is 1. The molecule has 24 heavy (non-hydrogen) atoms. The van der Waals surface area contributed by atoms with E-state index in [4.69, 9.17) is 4.74 Å². The van der Waals surface area contributed by atoms with Gasteiger partial charge in [0, 0.05) is 3.57 Å². The van der Waals surface area contributed by atoms with Crippen LogP contribution in [-0.2, 0) is 14.3 Å². The summed E-state index contributed by atoms with van der Waals surface area (Å²) < 4.78 is 6.05. The molecule has 2 heterocycles. The maximum atomic E-state index is 12.8. The SMILES string of the molecule is CC[C@H]1SC2=NC(C)=C(C(=O)OC)[C@H](c3ccc(I)cc3)N2C1=O. The van der Waals surface area contributed by atoms with Crippen LogP contribution >= 0.6 is 34.4 Å². The van der Waals surface area contributed by atoms with Gasteiger partial charge in [0.2, 0.25) is 5.91 Å². The van der Waals surface area contributed by atoms with Crippen LogP contribution in [0.5, 0.6) is 0 Å². The van der Waals surface area contributed by atoms with Crippen molar-refractivity contribution in [3.05, 3.63) is 44.7 Å². The van der Waals surface area contributed by atoms with Gasteiger partial charge in [-0.1, -0.05) is 30.8 Å². The number of halogens is 1. The minimum atomic E-state index is -0.488. The first-order valence-electron chi connectivity index (χ1n) is 7.60. The van der Waals surface area contributed by atoms with Crippen LogP contribution in [0.2, 0.25) is 0 Å². The average molecular weight is 456 g/mol. The molecule has 0 N–H and O–H groups in total. The zero-order valence-electron chi connectivity index (χ0n) is 13.6. The molecule has 1 aromatic carbocycles. The Morgan fingerprint density at radius 3 is 2.62 bits per heavy atom. The van der Waals surface area contributed by atoms with Crippen LogP contribution < -0.4 is 0 Å². The quantitative estimate of drug-likeness (QED) is 0.516. The van der Waals surface area contributed by atoms with Gasteiger partial charge in [0.1, 0.15) is 0 Å². The molecule has 0 radical (unpaired) electrons. The lowest BCUT2D eigenvalue weighted by atomic mass is 9.94. The topological polar surface area (TPSA) is 59.0 Å². The summed E-state index contributed by atoms with van der Waals surface area (Å²) in [5, 5.41) is 0.514. The molecule has 1 aromatic rings. The van der Waals surface area contributed by atoms with Crippen molar-refractivity contribution in [2.45, 2.75) is 31.6 Å². The van der Waals surface area contributed by atoms with Crippen LogP contribution in [0.4, 0.5) is 0 Å². The summed E-state index contributed by atoms with van der Waals surface area (Å²) in [6.45, 7) is 3.77. The predicted molar refractivity (Wildman–Crippen MR) is 103 cm³/mol. The number of carbonyl (C=O) groups is 2. The molecule has 0 unspecified atom stereocenters. The Balaban J connectivity index is 2.15. The van der Waals surface area contributed by atoms with Crippen LogP contribution in [0, 0.1) is 3.57 Å². The van der Waals surface area contributed by atoms with Crippen molar-refractivity contribution in [2.24, 2.45) is 4.99 Å². The van der Waals surface area contributed by atoms with Gasteiger partial charge in [-0.2, -0.15) is 0 Å². The van der Waals surface area contributed by atoms with E-state index in [9.17, 15) is 9.59 Å². The number of amidine groups is 1. The average Bonchev–Trinajstić information content (AvgIpc) is 2.89.